The van der Waals surface area contributed by atoms with Crippen LogP contribution in [0.2, 0.25) is 0 Å². The fourth-order valence-corrected chi connectivity index (χ4v) is 2.20. The van der Waals surface area contributed by atoms with E-state index in [1.807, 2.05) is 6.26 Å². The second-order valence-corrected chi connectivity index (χ2v) is 5.56. The van der Waals surface area contributed by atoms with E-state index in [2.05, 4.69) is 15.6 Å². The zero-order valence-corrected chi connectivity index (χ0v) is 14.0. The lowest BCUT2D eigenvalue weighted by molar-refractivity contribution is -0.147. The van der Waals surface area contributed by atoms with Gasteiger partial charge in [0.2, 0.25) is 5.91 Å². The molecule has 1 heterocycles. The first-order valence-electron chi connectivity index (χ1n) is 7.21. The molecule has 126 valence electrons. The molecule has 0 saturated heterocycles. The number of esters is 1. The number of carbonyl (C=O) groups excluding carboxylic acids is 3. The van der Waals surface area contributed by atoms with Crippen molar-refractivity contribution in [2.24, 2.45) is 0 Å². The van der Waals surface area contributed by atoms with Gasteiger partial charge in [-0.2, -0.15) is 11.8 Å². The first-order chi connectivity index (χ1) is 11.1. The van der Waals surface area contributed by atoms with Crippen LogP contribution in [0.4, 0.5) is 0 Å². The Morgan fingerprint density at radius 2 is 2.17 bits per heavy atom. The average Bonchev–Trinajstić information content (AvgIpc) is 2.57. The Bertz CT molecular complexity index is 525. The van der Waals surface area contributed by atoms with Crippen LogP contribution < -0.4 is 10.6 Å². The van der Waals surface area contributed by atoms with E-state index >= 15 is 0 Å². The molecule has 0 radical (unpaired) electrons. The van der Waals surface area contributed by atoms with E-state index in [0.29, 0.717) is 17.7 Å². The van der Waals surface area contributed by atoms with Crippen molar-refractivity contribution in [1.82, 2.24) is 15.6 Å². The molecule has 0 saturated carbocycles. The smallest absolute Gasteiger partial charge is 0.328 e. The summed E-state index contributed by atoms with van der Waals surface area (Å²) in [7, 11) is 0. The molecule has 1 rings (SSSR count). The summed E-state index contributed by atoms with van der Waals surface area (Å²) in [4.78, 5) is 39.4. The van der Waals surface area contributed by atoms with E-state index in [-0.39, 0.29) is 13.2 Å². The van der Waals surface area contributed by atoms with Gasteiger partial charge >= 0.3 is 5.97 Å². The van der Waals surface area contributed by atoms with Crippen LogP contribution >= 0.6 is 11.8 Å². The van der Waals surface area contributed by atoms with Gasteiger partial charge in [0, 0.05) is 12.4 Å². The van der Waals surface area contributed by atoms with E-state index in [0.717, 1.165) is 0 Å². The standard InChI is InChI=1S/C15H21N3O4S/c1-3-22-15(21)12(6-8-23-2)18-13(19)10-17-14(20)11-5-4-7-16-9-11/h4-5,7,9,12H,3,6,8,10H2,1-2H3,(H,17,20)(H,18,19). The van der Waals surface area contributed by atoms with Gasteiger partial charge in [0.25, 0.3) is 5.91 Å². The lowest BCUT2D eigenvalue weighted by Gasteiger charge is -2.17. The Labute approximate surface area is 139 Å². The maximum Gasteiger partial charge on any atom is 0.328 e. The molecule has 0 aliphatic heterocycles. The summed E-state index contributed by atoms with van der Waals surface area (Å²) in [6.45, 7) is 1.74. The Balaban J connectivity index is 2.48. The van der Waals surface area contributed by atoms with Crippen LogP contribution in [-0.4, -0.2) is 54.0 Å². The van der Waals surface area contributed by atoms with Crippen molar-refractivity contribution in [3.05, 3.63) is 30.1 Å². The normalized spacial score (nSPS) is 11.4. The third-order valence-corrected chi connectivity index (χ3v) is 3.49. The predicted molar refractivity (Wildman–Crippen MR) is 88.1 cm³/mol. The number of amides is 2. The summed E-state index contributed by atoms with van der Waals surface area (Å²) in [5, 5.41) is 5.07. The second kappa shape index (κ2) is 10.6. The summed E-state index contributed by atoms with van der Waals surface area (Å²) in [6.07, 6.45) is 5.35. The highest BCUT2D eigenvalue weighted by Crippen LogP contribution is 2.03. The van der Waals surface area contributed by atoms with Crippen LogP contribution in [0.1, 0.15) is 23.7 Å². The van der Waals surface area contributed by atoms with Crippen molar-refractivity contribution >= 4 is 29.5 Å². The first kappa shape index (κ1) is 19.0. The molecular formula is C15H21N3O4S. The fourth-order valence-electron chi connectivity index (χ4n) is 1.73. The van der Waals surface area contributed by atoms with Crippen molar-refractivity contribution < 1.29 is 19.1 Å². The molecule has 0 spiro atoms. The SMILES string of the molecule is CCOC(=O)C(CCSC)NC(=O)CNC(=O)c1cccnc1. The number of hydrogen-bond acceptors (Lipinski definition) is 6. The largest absolute Gasteiger partial charge is 0.464 e. The molecule has 1 aromatic heterocycles. The van der Waals surface area contributed by atoms with E-state index in [1.54, 1.807) is 37.0 Å². The quantitative estimate of drug-likeness (QED) is 0.640. The van der Waals surface area contributed by atoms with Gasteiger partial charge in [-0.3, -0.25) is 14.6 Å². The number of ether oxygens (including phenoxy) is 1. The third kappa shape index (κ3) is 7.14. The number of carbonyl (C=O) groups is 3. The van der Waals surface area contributed by atoms with Gasteiger partial charge in [-0.15, -0.1) is 0 Å². The van der Waals surface area contributed by atoms with Gasteiger partial charge in [-0.25, -0.2) is 4.79 Å². The Morgan fingerprint density at radius 1 is 1.39 bits per heavy atom. The summed E-state index contributed by atoms with van der Waals surface area (Å²) >= 11 is 1.57. The minimum atomic E-state index is -0.704. The molecule has 1 unspecified atom stereocenters. The highest BCUT2D eigenvalue weighted by molar-refractivity contribution is 7.98. The van der Waals surface area contributed by atoms with Gasteiger partial charge in [0.1, 0.15) is 6.04 Å². The Kier molecular flexibility index (Phi) is 8.74. The molecule has 8 heteroatoms. The maximum absolute atomic E-state index is 11.9. The predicted octanol–water partition coefficient (Wildman–Crippen LogP) is 0.612. The molecule has 23 heavy (non-hydrogen) atoms. The number of nitrogens with zero attached hydrogens (tertiary/aromatic N) is 1. The van der Waals surface area contributed by atoms with Gasteiger partial charge in [0.15, 0.2) is 0 Å². The zero-order valence-electron chi connectivity index (χ0n) is 13.2. The van der Waals surface area contributed by atoms with E-state index in [4.69, 9.17) is 4.74 Å². The second-order valence-electron chi connectivity index (χ2n) is 4.58. The van der Waals surface area contributed by atoms with Crippen LogP contribution in [0.15, 0.2) is 24.5 Å². The van der Waals surface area contributed by atoms with Crippen LogP contribution in [0.5, 0.6) is 0 Å². The molecular weight excluding hydrogens is 318 g/mol. The molecule has 2 N–H and O–H groups in total. The van der Waals surface area contributed by atoms with Gasteiger partial charge < -0.3 is 15.4 Å². The third-order valence-electron chi connectivity index (χ3n) is 2.85. The van der Waals surface area contributed by atoms with E-state index in [9.17, 15) is 14.4 Å². The van der Waals surface area contributed by atoms with Crippen molar-refractivity contribution in [1.29, 1.82) is 0 Å². The molecule has 1 aromatic rings. The van der Waals surface area contributed by atoms with Crippen molar-refractivity contribution in [2.45, 2.75) is 19.4 Å². The number of pyridine rings is 1. The molecule has 2 amide bonds. The summed E-state index contributed by atoms with van der Waals surface area (Å²) in [5.74, 6) is -0.592. The number of thioether (sulfide) groups is 1. The lowest BCUT2D eigenvalue weighted by atomic mass is 10.2. The summed E-state index contributed by atoms with van der Waals surface area (Å²) < 4.78 is 4.94. The summed E-state index contributed by atoms with van der Waals surface area (Å²) in [6, 6.07) is 2.53. The van der Waals surface area contributed by atoms with Crippen LogP contribution in [0, 0.1) is 0 Å². The van der Waals surface area contributed by atoms with E-state index < -0.39 is 23.8 Å². The van der Waals surface area contributed by atoms with Gasteiger partial charge in [-0.1, -0.05) is 0 Å². The number of rotatable bonds is 9. The van der Waals surface area contributed by atoms with Crippen LogP contribution in [0.3, 0.4) is 0 Å². The van der Waals surface area contributed by atoms with E-state index in [1.165, 1.54) is 6.20 Å². The van der Waals surface area contributed by atoms with Crippen LogP contribution in [0.25, 0.3) is 0 Å². The zero-order chi connectivity index (χ0) is 17.1. The molecule has 0 bridgehead atoms. The molecule has 1 atom stereocenters. The topological polar surface area (TPSA) is 97.4 Å². The monoisotopic (exact) mass is 339 g/mol. The molecule has 0 aliphatic rings. The highest BCUT2D eigenvalue weighted by Gasteiger charge is 2.21. The minimum Gasteiger partial charge on any atom is -0.464 e. The van der Waals surface area contributed by atoms with Crippen molar-refractivity contribution in [3.8, 4) is 0 Å². The summed E-state index contributed by atoms with van der Waals surface area (Å²) in [5.41, 5.74) is 0.365. The lowest BCUT2D eigenvalue weighted by Crippen LogP contribution is -2.46. The van der Waals surface area contributed by atoms with Crippen LogP contribution in [-0.2, 0) is 14.3 Å². The first-order valence-corrected chi connectivity index (χ1v) is 8.61. The number of nitrogens with one attached hydrogen (secondary N) is 2. The van der Waals surface area contributed by atoms with Gasteiger partial charge in [-0.05, 0) is 37.5 Å². The minimum absolute atomic E-state index is 0.219. The molecule has 7 nitrogen and oxygen atoms in total. The Hall–Kier alpha value is -2.09. The van der Waals surface area contributed by atoms with Crippen molar-refractivity contribution in [3.63, 3.8) is 0 Å². The molecule has 0 aliphatic carbocycles. The number of aromatic nitrogens is 1. The average molecular weight is 339 g/mol. The van der Waals surface area contributed by atoms with Gasteiger partial charge in [0.05, 0.1) is 18.7 Å². The Morgan fingerprint density at radius 3 is 2.78 bits per heavy atom. The molecule has 0 aromatic carbocycles. The fraction of sp³-hybridized carbons (Fsp3) is 0.467. The molecule has 0 fully saturated rings. The highest BCUT2D eigenvalue weighted by atomic mass is 32.2. The number of hydrogen-bond donors (Lipinski definition) is 2. The van der Waals surface area contributed by atoms with Crippen molar-refractivity contribution in [2.75, 3.05) is 25.2 Å². The maximum atomic E-state index is 11.9.